The summed E-state index contributed by atoms with van der Waals surface area (Å²) in [5, 5.41) is 26.4. The maximum absolute atomic E-state index is 15.1. The van der Waals surface area contributed by atoms with Gasteiger partial charge in [-0.15, -0.1) is 22.7 Å². The number of rotatable bonds is 27. The molecule has 46 heteroatoms. The van der Waals surface area contributed by atoms with Crippen molar-refractivity contribution in [3.8, 4) is 28.1 Å². The normalized spacial score (nSPS) is 14.9. The molecule has 2 unspecified atom stereocenters. The minimum absolute atomic E-state index is 0.0000367. The maximum Gasteiger partial charge on any atom is 0.296 e. The van der Waals surface area contributed by atoms with Gasteiger partial charge in [-0.1, -0.05) is 36.4 Å². The number of hydrogen-bond acceptors (Lipinski definition) is 34. The van der Waals surface area contributed by atoms with Gasteiger partial charge >= 0.3 is 0 Å². The van der Waals surface area contributed by atoms with Crippen LogP contribution in [0.25, 0.3) is 55.5 Å². The number of thiazole rings is 2. The number of likely N-dealkylation sites (N-methyl/N-ethyl adjacent to an activating group) is 1. The van der Waals surface area contributed by atoms with Crippen LogP contribution in [0.2, 0.25) is 0 Å². The zero-order valence-corrected chi connectivity index (χ0v) is 78.4. The van der Waals surface area contributed by atoms with Crippen molar-refractivity contribution in [2.24, 2.45) is 0 Å². The third-order valence-electron chi connectivity index (χ3n) is 22.5. The van der Waals surface area contributed by atoms with E-state index >= 15 is 4.39 Å². The molecule has 2 atom stereocenters. The summed E-state index contributed by atoms with van der Waals surface area (Å²) in [6, 6.07) is 40.6. The molecule has 3 aliphatic heterocycles. The first kappa shape index (κ1) is 93.0. The topological polar surface area (TPSA) is 439 Å². The Hall–Kier alpha value is -14.4. The average Bonchev–Trinajstić information content (AvgIpc) is 1.70. The van der Waals surface area contributed by atoms with Crippen molar-refractivity contribution in [1.82, 2.24) is 106 Å². The quantitative estimate of drug-likeness (QED) is 0.0278. The van der Waals surface area contributed by atoms with Crippen LogP contribution in [-0.2, 0) is 49.7 Å². The Balaban J connectivity index is 0.000000137. The number of ether oxygens (including phenoxy) is 1. The third kappa shape index (κ3) is 20.9. The van der Waals surface area contributed by atoms with Crippen LogP contribution in [0, 0.1) is 19.7 Å². The van der Waals surface area contributed by atoms with E-state index < -0.39 is 52.9 Å². The highest BCUT2D eigenvalue weighted by atomic mass is 32.2. The largest absolute Gasteiger partial charge is 0.489 e. The molecule has 6 N–H and O–H groups in total. The first-order valence-electron chi connectivity index (χ1n) is 42.9. The molecule has 20 rings (SSSR count). The van der Waals surface area contributed by atoms with Crippen LogP contribution in [0.5, 0.6) is 5.75 Å². The highest BCUT2D eigenvalue weighted by molar-refractivity contribution is 7.99. The highest BCUT2D eigenvalue weighted by Crippen LogP contribution is 2.35. The van der Waals surface area contributed by atoms with E-state index in [0.717, 1.165) is 104 Å². The smallest absolute Gasteiger partial charge is 0.296 e. The number of nitrogens with zero attached hydrogens (tertiary/aromatic N) is 21. The second-order valence-corrected chi connectivity index (χ2v) is 41.2. The standard InChI is InChI=1S/C34H32N8O4S.C29H29F2N9O3S2.C28H25FN10O3S3/c1-23-5-3-4-6-30(23)31-17-24-18-37-34(38-25-7-9-27(10-8-25)46-28-13-16-40(2)21-28)39-32(24)41(33(31)43)20-26-19-36-22-42(26)47(44,45)29-11-14-35-15-12-29;1-29(30,31)18-45(42,43)40-23(8-10-35-40)17-39-26-20(13-24(27(39)41)36-22-3-2-9-32-15-22)14-34-28(38-26)37-21-6-4-19(5-7-21)25-16-33-11-12-44-25;1-17-24(34-16-44-17)20-12-18-14-33-27(35-19-2-3-22(21(29)13-19)37-8-4-30-5-9-37)36-25(18)38(26(20)40)15-23-31-6-10-39(23)45(41,42)28-32-7-11-43-28/h3-12,14-15,17-19,22,28H,13,16,20-21H2,1-2H3,(H,37,38,39);2-10,13-15,25,33,36H,11-12,16-18H2,1H3,(H,34,37,38);2-3,6-7,10-14,16,30H,4-5,8-9,15H2,1H3,(H,33,35,36). The molecule has 0 aliphatic carbocycles. The van der Waals surface area contributed by atoms with Crippen molar-refractivity contribution in [3.05, 3.63) is 301 Å². The van der Waals surface area contributed by atoms with Crippen molar-refractivity contribution in [3.63, 3.8) is 0 Å². The van der Waals surface area contributed by atoms with Crippen molar-refractivity contribution < 1.29 is 43.2 Å². The van der Waals surface area contributed by atoms with Crippen LogP contribution in [0.1, 0.15) is 51.8 Å². The maximum atomic E-state index is 15.1. The van der Waals surface area contributed by atoms with E-state index in [-0.39, 0.29) is 98.4 Å². The second kappa shape index (κ2) is 39.9. The van der Waals surface area contributed by atoms with E-state index in [4.69, 9.17) is 9.72 Å². The SMILES string of the molecule is CC(F)(F)CS(=O)(=O)n1nccc1Cn1c(=O)c(Nc2cccnc2)cc2cnc(Nc3ccc(C4CNCCS4)cc3)nc21.Cc1ccccc1-c1cc2cnc(Nc3ccc(OC4CCN(C)C4)cc3)nc2n(Cc2cncn2S(=O)(=O)c2ccncc2)c1=O.Cc1scnc1-c1cc2cnc(Nc3ccc(N4CCNCC4)c(F)c3)nc2n(Cc2nccn2S(=O)(=O)c2nccs2)c1=O. The van der Waals surface area contributed by atoms with Crippen LogP contribution in [0.3, 0.4) is 0 Å². The summed E-state index contributed by atoms with van der Waals surface area (Å²) in [6.07, 6.45) is 19.8. The number of nitrogens with one attached hydrogen (secondary N) is 6. The minimum Gasteiger partial charge on any atom is -0.489 e. The van der Waals surface area contributed by atoms with Crippen LogP contribution >= 0.6 is 34.4 Å². The predicted octanol–water partition coefficient (Wildman–Crippen LogP) is 12.1. The number of benzene rings is 4. The van der Waals surface area contributed by atoms with E-state index in [2.05, 4.69) is 104 Å². The molecule has 4 aromatic carbocycles. The van der Waals surface area contributed by atoms with Gasteiger partial charge in [-0.05, 0) is 147 Å². The summed E-state index contributed by atoms with van der Waals surface area (Å²) in [5.41, 5.74) is 8.69. The Labute approximate surface area is 793 Å². The molecule has 0 bridgehead atoms. The number of thioether (sulfide) groups is 1. The zero-order valence-electron chi connectivity index (χ0n) is 73.6. The Morgan fingerprint density at radius 3 is 1.85 bits per heavy atom. The monoisotopic (exact) mass is 1970 g/mol. The molecule has 3 saturated heterocycles. The van der Waals surface area contributed by atoms with Crippen LogP contribution in [0.15, 0.2) is 255 Å². The van der Waals surface area contributed by atoms with Crippen LogP contribution in [-0.4, -0.2) is 204 Å². The number of piperazine rings is 1. The molecule has 0 saturated carbocycles. The van der Waals surface area contributed by atoms with Gasteiger partial charge in [-0.25, -0.2) is 72.8 Å². The van der Waals surface area contributed by atoms with Gasteiger partial charge in [0.05, 0.1) is 82.7 Å². The lowest BCUT2D eigenvalue weighted by atomic mass is 10.0. The molecule has 0 spiro atoms. The number of fused-ring (bicyclic) bond motifs is 3. The number of pyridine rings is 5. The number of alkyl halides is 2. The average molecular weight is 1970 g/mol. The molecule has 137 heavy (non-hydrogen) atoms. The molecule has 0 amide bonds. The van der Waals surface area contributed by atoms with Gasteiger partial charge in [0.1, 0.15) is 58.2 Å². The van der Waals surface area contributed by atoms with Crippen molar-refractivity contribution in [1.29, 1.82) is 0 Å². The highest BCUT2D eigenvalue weighted by Gasteiger charge is 2.34. The van der Waals surface area contributed by atoms with E-state index in [0.29, 0.717) is 85.0 Å². The van der Waals surface area contributed by atoms with Gasteiger partial charge in [0.25, 0.3) is 52.7 Å². The molecule has 13 aromatic heterocycles. The van der Waals surface area contributed by atoms with E-state index in [1.54, 1.807) is 84.3 Å². The Morgan fingerprint density at radius 1 is 0.562 bits per heavy atom. The lowest BCUT2D eigenvalue weighted by Crippen LogP contribution is -2.43. The summed E-state index contributed by atoms with van der Waals surface area (Å²) in [4.78, 5) is 99.4. The number of imidazole rings is 2. The second-order valence-electron chi connectivity index (χ2n) is 32.3. The van der Waals surface area contributed by atoms with Crippen LogP contribution < -0.4 is 58.2 Å². The lowest BCUT2D eigenvalue weighted by Gasteiger charge is -2.29. The summed E-state index contributed by atoms with van der Waals surface area (Å²) >= 11 is 4.29. The zero-order chi connectivity index (χ0) is 95.3. The summed E-state index contributed by atoms with van der Waals surface area (Å²) in [7, 11) is -10.5. The molecule has 0 radical (unpaired) electrons. The lowest BCUT2D eigenvalue weighted by molar-refractivity contribution is 0.0470. The number of aromatic nitrogens is 19. The third-order valence-corrected chi connectivity index (χ3v) is 30.9. The first-order valence-corrected chi connectivity index (χ1v) is 50.2. The number of hydrogen-bond donors (Lipinski definition) is 6. The molecular weight excluding hydrogens is 1880 g/mol. The van der Waals surface area contributed by atoms with Crippen molar-refractivity contribution >= 4 is 150 Å². The molecule has 16 heterocycles. The van der Waals surface area contributed by atoms with Gasteiger partial charge in [0, 0.05) is 175 Å². The Bertz CT molecular complexity index is 7860. The summed E-state index contributed by atoms with van der Waals surface area (Å²) in [5.74, 6) is -2.79. The van der Waals surface area contributed by atoms with Gasteiger partial charge in [0.2, 0.25) is 22.2 Å². The summed E-state index contributed by atoms with van der Waals surface area (Å²) < 4.78 is 135. The fraction of sp³-hybridized carbons (Fsp3) is 0.231. The summed E-state index contributed by atoms with van der Waals surface area (Å²) in [6.45, 7) is 10.5. The van der Waals surface area contributed by atoms with E-state index in [1.165, 1.54) is 105 Å². The first-order chi connectivity index (χ1) is 66.1. The van der Waals surface area contributed by atoms with Gasteiger partial charge in [-0.2, -0.15) is 44.3 Å². The fourth-order valence-electron chi connectivity index (χ4n) is 15.9. The molecule has 3 aliphatic rings. The number of anilines is 9. The van der Waals surface area contributed by atoms with Crippen molar-refractivity contribution in [2.45, 2.75) is 73.3 Å². The van der Waals surface area contributed by atoms with Crippen molar-refractivity contribution in [2.75, 3.05) is 97.1 Å². The van der Waals surface area contributed by atoms with Gasteiger partial charge < -0.3 is 46.4 Å². The van der Waals surface area contributed by atoms with E-state index in [9.17, 15) is 48.4 Å². The predicted molar refractivity (Wildman–Crippen MR) is 519 cm³/mol. The Kier molecular flexibility index (Phi) is 27.1. The van der Waals surface area contributed by atoms with E-state index in [1.807, 2.05) is 103 Å². The Morgan fingerprint density at radius 2 is 1.22 bits per heavy atom. The molecule has 37 nitrogen and oxygen atoms in total. The minimum atomic E-state index is -4.55. The van der Waals surface area contributed by atoms with Gasteiger partial charge in [-0.3, -0.25) is 38.1 Å². The van der Waals surface area contributed by atoms with Gasteiger partial charge in [0.15, 0.2) is 0 Å². The number of halogens is 3. The number of aryl methyl sites for hydroxylation is 2. The molecule has 17 aromatic rings. The molecule has 3 fully saturated rings. The fourth-order valence-corrected chi connectivity index (χ4v) is 22.6. The number of likely N-dealkylation sites (tertiary alicyclic amines) is 1. The van der Waals surface area contributed by atoms with Crippen LogP contribution in [0.4, 0.5) is 65.1 Å². The molecular formula is C91H86F3N27O10S6. The molecule has 702 valence electrons.